The first-order valence-corrected chi connectivity index (χ1v) is 5.97. The van der Waals surface area contributed by atoms with Crippen LogP contribution in [0.15, 0.2) is 18.2 Å². The van der Waals surface area contributed by atoms with Crippen LogP contribution in [0.2, 0.25) is 0 Å². The van der Waals surface area contributed by atoms with Gasteiger partial charge in [0.25, 0.3) is 0 Å². The first-order chi connectivity index (χ1) is 7.15. The van der Waals surface area contributed by atoms with Gasteiger partial charge in [0.05, 0.1) is 0 Å². The molecule has 0 amide bonds. The average Bonchev–Trinajstić information content (AvgIpc) is 2.18. The van der Waals surface area contributed by atoms with E-state index in [1.54, 1.807) is 0 Å². The predicted octanol–water partition coefficient (Wildman–Crippen LogP) is 4.15. The van der Waals surface area contributed by atoms with E-state index in [0.29, 0.717) is 0 Å². The lowest BCUT2D eigenvalue weighted by molar-refractivity contribution is 0.519. The van der Waals surface area contributed by atoms with Crippen LogP contribution in [0.4, 0.5) is 5.69 Å². The maximum absolute atomic E-state index is 3.53. The Labute approximate surface area is 93.9 Å². The molecule has 0 fully saturated rings. The Kier molecular flexibility index (Phi) is 4.67. The highest BCUT2D eigenvalue weighted by Crippen LogP contribution is 2.15. The van der Waals surface area contributed by atoms with E-state index >= 15 is 0 Å². The van der Waals surface area contributed by atoms with Gasteiger partial charge in [-0.15, -0.1) is 0 Å². The predicted molar refractivity (Wildman–Crippen MR) is 68.5 cm³/mol. The SMILES string of the molecule is CCC(CC)CNc1cc(C)cc(C)c1. The second-order valence-corrected chi connectivity index (χ2v) is 4.44. The van der Waals surface area contributed by atoms with Crippen LogP contribution < -0.4 is 5.32 Å². The Hall–Kier alpha value is -0.980. The highest BCUT2D eigenvalue weighted by Gasteiger charge is 2.03. The molecule has 0 saturated heterocycles. The second kappa shape index (κ2) is 5.79. The summed E-state index contributed by atoms with van der Waals surface area (Å²) in [5.74, 6) is 0.797. The smallest absolute Gasteiger partial charge is 0.0345 e. The van der Waals surface area contributed by atoms with Crippen molar-refractivity contribution in [2.45, 2.75) is 40.5 Å². The molecule has 1 heteroatoms. The highest BCUT2D eigenvalue weighted by molar-refractivity contribution is 5.48. The van der Waals surface area contributed by atoms with Crippen molar-refractivity contribution in [2.24, 2.45) is 5.92 Å². The summed E-state index contributed by atoms with van der Waals surface area (Å²) in [6, 6.07) is 6.65. The minimum Gasteiger partial charge on any atom is -0.385 e. The number of nitrogens with one attached hydrogen (secondary N) is 1. The van der Waals surface area contributed by atoms with Crippen molar-refractivity contribution >= 4 is 5.69 Å². The van der Waals surface area contributed by atoms with E-state index < -0.39 is 0 Å². The summed E-state index contributed by atoms with van der Waals surface area (Å²) in [6.45, 7) is 9.91. The molecule has 0 aliphatic heterocycles. The zero-order valence-corrected chi connectivity index (χ0v) is 10.4. The van der Waals surface area contributed by atoms with Gasteiger partial charge in [-0.3, -0.25) is 0 Å². The third-order valence-electron chi connectivity index (χ3n) is 2.97. The Morgan fingerprint density at radius 3 is 2.00 bits per heavy atom. The molecule has 0 bridgehead atoms. The molecule has 1 nitrogen and oxygen atoms in total. The molecule has 15 heavy (non-hydrogen) atoms. The fourth-order valence-corrected chi connectivity index (χ4v) is 1.92. The summed E-state index contributed by atoms with van der Waals surface area (Å²) in [4.78, 5) is 0. The number of aryl methyl sites for hydroxylation is 2. The Balaban J connectivity index is 2.57. The van der Waals surface area contributed by atoms with E-state index in [1.165, 1.54) is 29.7 Å². The number of hydrogen-bond acceptors (Lipinski definition) is 1. The molecule has 0 atom stereocenters. The molecule has 0 heterocycles. The summed E-state index contributed by atoms with van der Waals surface area (Å²) >= 11 is 0. The molecule has 1 N–H and O–H groups in total. The van der Waals surface area contributed by atoms with Gasteiger partial charge in [0.2, 0.25) is 0 Å². The Morgan fingerprint density at radius 2 is 1.53 bits per heavy atom. The first-order valence-electron chi connectivity index (χ1n) is 5.97. The summed E-state index contributed by atoms with van der Waals surface area (Å²) < 4.78 is 0. The number of hydrogen-bond donors (Lipinski definition) is 1. The fraction of sp³-hybridized carbons (Fsp3) is 0.571. The third-order valence-corrected chi connectivity index (χ3v) is 2.97. The number of benzene rings is 1. The van der Waals surface area contributed by atoms with Gasteiger partial charge in [-0.05, 0) is 43.0 Å². The molecule has 0 aliphatic rings. The average molecular weight is 205 g/mol. The number of rotatable bonds is 5. The van der Waals surface area contributed by atoms with Gasteiger partial charge in [-0.2, -0.15) is 0 Å². The molecule has 0 spiro atoms. The van der Waals surface area contributed by atoms with Crippen molar-refractivity contribution in [3.63, 3.8) is 0 Å². The summed E-state index contributed by atoms with van der Waals surface area (Å²) in [6.07, 6.45) is 2.52. The lowest BCUT2D eigenvalue weighted by atomic mass is 10.0. The van der Waals surface area contributed by atoms with Crippen molar-refractivity contribution in [1.29, 1.82) is 0 Å². The van der Waals surface area contributed by atoms with E-state index in [2.05, 4.69) is 51.2 Å². The molecule has 0 aliphatic carbocycles. The maximum Gasteiger partial charge on any atom is 0.0345 e. The Bertz CT molecular complexity index is 280. The van der Waals surface area contributed by atoms with Crippen LogP contribution in [0.25, 0.3) is 0 Å². The second-order valence-electron chi connectivity index (χ2n) is 4.44. The van der Waals surface area contributed by atoms with Gasteiger partial charge in [0, 0.05) is 12.2 Å². The normalized spacial score (nSPS) is 10.7. The minimum atomic E-state index is 0.797. The van der Waals surface area contributed by atoms with Crippen molar-refractivity contribution in [2.75, 3.05) is 11.9 Å². The molecular weight excluding hydrogens is 182 g/mol. The molecule has 0 unspecified atom stereocenters. The molecule has 84 valence electrons. The van der Waals surface area contributed by atoms with Gasteiger partial charge in [-0.1, -0.05) is 32.8 Å². The third kappa shape index (κ3) is 3.94. The van der Waals surface area contributed by atoms with Gasteiger partial charge < -0.3 is 5.32 Å². The fourth-order valence-electron chi connectivity index (χ4n) is 1.92. The van der Waals surface area contributed by atoms with Crippen LogP contribution in [0.3, 0.4) is 0 Å². The summed E-state index contributed by atoms with van der Waals surface area (Å²) in [7, 11) is 0. The van der Waals surface area contributed by atoms with Gasteiger partial charge in [0.15, 0.2) is 0 Å². The first kappa shape index (κ1) is 12.1. The topological polar surface area (TPSA) is 12.0 Å². The maximum atomic E-state index is 3.53. The molecule has 1 rings (SSSR count). The molecule has 0 saturated carbocycles. The van der Waals surface area contributed by atoms with E-state index in [0.717, 1.165) is 12.5 Å². The molecule has 1 aromatic rings. The van der Waals surface area contributed by atoms with Crippen molar-refractivity contribution < 1.29 is 0 Å². The monoisotopic (exact) mass is 205 g/mol. The van der Waals surface area contributed by atoms with Crippen molar-refractivity contribution in [3.8, 4) is 0 Å². The van der Waals surface area contributed by atoms with Crippen LogP contribution in [-0.4, -0.2) is 6.54 Å². The van der Waals surface area contributed by atoms with Crippen LogP contribution in [-0.2, 0) is 0 Å². The zero-order valence-electron chi connectivity index (χ0n) is 10.4. The summed E-state index contributed by atoms with van der Waals surface area (Å²) in [5.41, 5.74) is 3.93. The van der Waals surface area contributed by atoms with E-state index in [9.17, 15) is 0 Å². The molecule has 1 aromatic carbocycles. The standard InChI is InChI=1S/C14H23N/c1-5-13(6-2)10-15-14-8-11(3)7-12(4)9-14/h7-9,13,15H,5-6,10H2,1-4H3. The van der Waals surface area contributed by atoms with E-state index in [-0.39, 0.29) is 0 Å². The lowest BCUT2D eigenvalue weighted by Gasteiger charge is -2.15. The largest absolute Gasteiger partial charge is 0.385 e. The highest BCUT2D eigenvalue weighted by atomic mass is 14.9. The Morgan fingerprint density at radius 1 is 1.00 bits per heavy atom. The minimum absolute atomic E-state index is 0.797. The van der Waals surface area contributed by atoms with Crippen LogP contribution >= 0.6 is 0 Å². The molecular formula is C14H23N. The van der Waals surface area contributed by atoms with Crippen LogP contribution in [0.5, 0.6) is 0 Å². The van der Waals surface area contributed by atoms with Crippen LogP contribution in [0, 0.1) is 19.8 Å². The molecule has 0 aromatic heterocycles. The van der Waals surface area contributed by atoms with Crippen LogP contribution in [0.1, 0.15) is 37.8 Å². The van der Waals surface area contributed by atoms with E-state index in [1.807, 2.05) is 0 Å². The van der Waals surface area contributed by atoms with Crippen molar-refractivity contribution in [1.82, 2.24) is 0 Å². The lowest BCUT2D eigenvalue weighted by Crippen LogP contribution is -2.12. The zero-order chi connectivity index (χ0) is 11.3. The van der Waals surface area contributed by atoms with E-state index in [4.69, 9.17) is 0 Å². The van der Waals surface area contributed by atoms with Gasteiger partial charge in [0.1, 0.15) is 0 Å². The van der Waals surface area contributed by atoms with Crippen molar-refractivity contribution in [3.05, 3.63) is 29.3 Å². The number of anilines is 1. The van der Waals surface area contributed by atoms with Gasteiger partial charge in [-0.25, -0.2) is 0 Å². The quantitative estimate of drug-likeness (QED) is 0.761. The van der Waals surface area contributed by atoms with Gasteiger partial charge >= 0.3 is 0 Å². The molecule has 0 radical (unpaired) electrons. The summed E-state index contributed by atoms with van der Waals surface area (Å²) in [5, 5.41) is 3.53.